The van der Waals surface area contributed by atoms with Crippen molar-refractivity contribution in [3.63, 3.8) is 0 Å². The lowest BCUT2D eigenvalue weighted by Gasteiger charge is -2.38. The van der Waals surface area contributed by atoms with Crippen LogP contribution in [0.25, 0.3) is 5.57 Å². The summed E-state index contributed by atoms with van der Waals surface area (Å²) in [6.45, 7) is 13.9. The maximum atomic E-state index is 14.6. The van der Waals surface area contributed by atoms with Gasteiger partial charge in [-0.1, -0.05) is 84.4 Å². The van der Waals surface area contributed by atoms with Crippen molar-refractivity contribution in [2.75, 3.05) is 19.7 Å². The number of halogens is 2. The van der Waals surface area contributed by atoms with E-state index < -0.39 is 47.7 Å². The van der Waals surface area contributed by atoms with Crippen LogP contribution in [-0.2, 0) is 45.1 Å². The van der Waals surface area contributed by atoms with Gasteiger partial charge in [0.15, 0.2) is 17.6 Å². The first-order valence-corrected chi connectivity index (χ1v) is 22.9. The Bertz CT molecular complexity index is 2600. The molecule has 4 aromatic rings. The Hall–Kier alpha value is -6.44. The molecule has 4 aromatic carbocycles. The molecule has 0 aliphatic carbocycles. The lowest BCUT2D eigenvalue weighted by atomic mass is 9.90. The first-order chi connectivity index (χ1) is 31.9. The van der Waals surface area contributed by atoms with Crippen molar-refractivity contribution in [3.8, 4) is 17.2 Å². The van der Waals surface area contributed by atoms with Crippen LogP contribution in [0.5, 0.6) is 17.2 Å². The molecule has 4 atom stereocenters. The summed E-state index contributed by atoms with van der Waals surface area (Å²) in [6.07, 6.45) is 3.03. The molecule has 67 heavy (non-hydrogen) atoms. The van der Waals surface area contributed by atoms with Crippen molar-refractivity contribution >= 4 is 52.7 Å². The fourth-order valence-corrected chi connectivity index (χ4v) is 8.66. The van der Waals surface area contributed by atoms with Crippen LogP contribution in [0.2, 0.25) is 10.0 Å². The molecule has 3 amide bonds. The molecule has 0 saturated carbocycles. The topological polar surface area (TPSA) is 170 Å². The summed E-state index contributed by atoms with van der Waals surface area (Å²) in [7, 11) is 0. The summed E-state index contributed by atoms with van der Waals surface area (Å²) in [5.41, 5.74) is 12.6. The van der Waals surface area contributed by atoms with Crippen LogP contribution >= 0.6 is 23.2 Å². The summed E-state index contributed by atoms with van der Waals surface area (Å²) in [6, 6.07) is 21.6. The molecule has 0 radical (unpaired) electrons. The first kappa shape index (κ1) is 48.5. The molecule has 3 aliphatic rings. The fourth-order valence-electron chi connectivity index (χ4n) is 8.34. The highest BCUT2D eigenvalue weighted by Crippen LogP contribution is 2.41. The molecule has 0 bridgehead atoms. The number of hydrogen-bond donors (Lipinski definition) is 3. The van der Waals surface area contributed by atoms with E-state index in [1.165, 1.54) is 9.80 Å². The Labute approximate surface area is 401 Å². The number of nitrogens with zero attached hydrogens (tertiary/aromatic N) is 2. The summed E-state index contributed by atoms with van der Waals surface area (Å²) < 4.78 is 24.3. The van der Waals surface area contributed by atoms with Gasteiger partial charge in [-0.15, -0.1) is 0 Å². The predicted molar refractivity (Wildman–Crippen MR) is 257 cm³/mol. The van der Waals surface area contributed by atoms with E-state index in [1.807, 2.05) is 86.7 Å². The second-order valence-corrected chi connectivity index (χ2v) is 18.9. The number of carbonyl (C=O) groups is 4. The van der Waals surface area contributed by atoms with E-state index in [9.17, 15) is 24.3 Å². The molecule has 0 aromatic heterocycles. The number of benzene rings is 4. The van der Waals surface area contributed by atoms with E-state index >= 15 is 0 Å². The van der Waals surface area contributed by atoms with Crippen LogP contribution in [0.3, 0.4) is 0 Å². The highest BCUT2D eigenvalue weighted by Gasteiger charge is 2.42. The third-order valence-electron chi connectivity index (χ3n) is 12.1. The number of nitrogens with one attached hydrogen (secondary N) is 1. The first-order valence-electron chi connectivity index (χ1n) is 22.2. The molecule has 4 N–H and O–H groups in total. The minimum atomic E-state index is -1.30. The van der Waals surface area contributed by atoms with E-state index in [-0.39, 0.29) is 38.4 Å². The van der Waals surface area contributed by atoms with Gasteiger partial charge in [0.2, 0.25) is 11.8 Å². The molecule has 1 fully saturated rings. The van der Waals surface area contributed by atoms with Gasteiger partial charge in [-0.25, -0.2) is 9.59 Å². The molecule has 1 unspecified atom stereocenters. The lowest BCUT2D eigenvalue weighted by Crippen LogP contribution is -2.57. The number of carboxylic acid groups (broad SMARTS) is 1. The van der Waals surface area contributed by atoms with Gasteiger partial charge in [-0.05, 0) is 122 Å². The van der Waals surface area contributed by atoms with E-state index in [0.717, 1.165) is 39.0 Å². The quantitative estimate of drug-likeness (QED) is 0.110. The van der Waals surface area contributed by atoms with Crippen molar-refractivity contribution in [1.82, 2.24) is 15.1 Å². The van der Waals surface area contributed by atoms with Gasteiger partial charge in [0, 0.05) is 38.2 Å². The van der Waals surface area contributed by atoms with Gasteiger partial charge in [-0.2, -0.15) is 0 Å². The number of rotatable bonds is 13. The van der Waals surface area contributed by atoms with E-state index in [1.54, 1.807) is 39.0 Å². The minimum Gasteiger partial charge on any atom is -0.489 e. The Morgan fingerprint density at radius 2 is 1.66 bits per heavy atom. The number of allylic oxidation sites excluding steroid dienone is 5. The van der Waals surface area contributed by atoms with Crippen LogP contribution in [0, 0.1) is 5.92 Å². The zero-order valence-electron chi connectivity index (χ0n) is 38.3. The lowest BCUT2D eigenvalue weighted by molar-refractivity contribution is -0.147. The maximum absolute atomic E-state index is 14.6. The number of carboxylic acids is 1. The molecule has 7 rings (SSSR count). The normalized spacial score (nSPS) is 18.9. The van der Waals surface area contributed by atoms with Gasteiger partial charge in [0.05, 0.1) is 16.0 Å². The van der Waals surface area contributed by atoms with Crippen molar-refractivity contribution in [3.05, 3.63) is 152 Å². The smallest absolute Gasteiger partial charge is 0.410 e. The number of nitrogens with two attached hydrogens (primary N) is 1. The average Bonchev–Trinajstić information content (AvgIpc) is 3.80. The highest BCUT2D eigenvalue weighted by atomic mass is 35.5. The largest absolute Gasteiger partial charge is 0.489 e. The van der Waals surface area contributed by atoms with E-state index in [0.29, 0.717) is 58.1 Å². The van der Waals surface area contributed by atoms with Gasteiger partial charge < -0.3 is 44.9 Å². The van der Waals surface area contributed by atoms with Crippen LogP contribution in [0.4, 0.5) is 4.79 Å². The third-order valence-corrected chi connectivity index (χ3v) is 12.8. The number of carbonyl (C=O) groups excluding carboxylic acids is 3. The molecule has 13 nitrogen and oxygen atoms in total. The minimum absolute atomic E-state index is 0.00827. The number of hydrogen-bond acceptors (Lipinski definition) is 9. The number of fused-ring (bicyclic) bond motifs is 2. The molecular formula is C52H56Cl2N4O9. The third kappa shape index (κ3) is 11.8. The van der Waals surface area contributed by atoms with Crippen LogP contribution in [0.15, 0.2) is 109 Å². The maximum Gasteiger partial charge on any atom is 0.410 e. The molecule has 352 valence electrons. The fraction of sp³-hybridized carbons (Fsp3) is 0.346. The van der Waals surface area contributed by atoms with Crippen molar-refractivity contribution in [1.29, 1.82) is 0 Å². The molecule has 3 aliphatic heterocycles. The number of amides is 3. The zero-order valence-corrected chi connectivity index (χ0v) is 39.8. The Kier molecular flexibility index (Phi) is 14.9. The molecule has 1 saturated heterocycles. The summed E-state index contributed by atoms with van der Waals surface area (Å²) in [4.78, 5) is 57.8. The van der Waals surface area contributed by atoms with Crippen molar-refractivity contribution in [2.45, 2.75) is 90.8 Å². The Balaban J connectivity index is 1.09. The van der Waals surface area contributed by atoms with Gasteiger partial charge in [0.25, 0.3) is 0 Å². The van der Waals surface area contributed by atoms with Gasteiger partial charge in [0.1, 0.15) is 36.6 Å². The van der Waals surface area contributed by atoms with Crippen LogP contribution in [0.1, 0.15) is 80.5 Å². The monoisotopic (exact) mass is 950 g/mol. The Morgan fingerprint density at radius 3 is 2.31 bits per heavy atom. The van der Waals surface area contributed by atoms with Gasteiger partial charge in [-0.3, -0.25) is 9.59 Å². The summed E-state index contributed by atoms with van der Waals surface area (Å²) in [5.74, 6) is -1.15. The predicted octanol–water partition coefficient (Wildman–Crippen LogP) is 9.23. The van der Waals surface area contributed by atoms with Gasteiger partial charge >= 0.3 is 12.1 Å². The van der Waals surface area contributed by atoms with Crippen molar-refractivity contribution < 1.29 is 43.2 Å². The number of aliphatic carboxylic acids is 1. The van der Waals surface area contributed by atoms with E-state index in [2.05, 4.69) is 11.9 Å². The SMILES string of the molecule is C=C/C=C(\C(C)=C(\C)N)c1ccc(C[C@H](NC(=O)[C@@H]2Cc3cc4c(cc3CN2C(=O)C2CCN(C(=O)OC(C)(C)C)C2)O[C@@H](c2ccc(OCc3ccc(Cl)c(Cl)c3)cc2)CO4)C(=O)O)cc1. The molecule has 15 heteroatoms. The standard InChI is InChI=1S/C52H56Cl2N4O9/c1-7-8-40(30(2)31(3)55)34-12-9-32(10-13-34)22-43(50(61)62)56-48(59)44-23-37-24-45-46(25-38(37)27-58(44)49(60)36-19-20-57(26-36)51(63)67-52(4,5)6)66-47(29-65-45)35-14-16-39(17-15-35)64-28-33-11-18-41(53)42(54)21-33/h7-18,21,24-25,36,43-44,47H,1,19-20,22-23,26-29,55H2,2-6H3,(H,56,59)(H,61,62)/b31-30-,40-8+/t36?,43-,44-,47+/m0/s1. The number of ether oxygens (including phenoxy) is 4. The molecule has 0 spiro atoms. The van der Waals surface area contributed by atoms with Crippen LogP contribution in [-0.4, -0.2) is 76.2 Å². The second-order valence-electron chi connectivity index (χ2n) is 18.1. The molecule has 3 heterocycles. The van der Waals surface area contributed by atoms with Crippen molar-refractivity contribution in [2.24, 2.45) is 11.7 Å². The summed E-state index contributed by atoms with van der Waals surface area (Å²) >= 11 is 12.2. The summed E-state index contributed by atoms with van der Waals surface area (Å²) in [5, 5.41) is 14.1. The second kappa shape index (κ2) is 20.6. The number of likely N-dealkylation sites (tertiary alicyclic amines) is 1. The van der Waals surface area contributed by atoms with E-state index in [4.69, 9.17) is 47.9 Å². The molecular weight excluding hydrogens is 895 g/mol. The highest BCUT2D eigenvalue weighted by molar-refractivity contribution is 6.42. The Morgan fingerprint density at radius 1 is 0.955 bits per heavy atom. The average molecular weight is 952 g/mol. The van der Waals surface area contributed by atoms with Crippen LogP contribution < -0.4 is 25.3 Å². The zero-order chi connectivity index (χ0) is 48.2.